The van der Waals surface area contributed by atoms with Crippen LogP contribution in [0.4, 0.5) is 17.6 Å². The fraction of sp³-hybridized carbons (Fsp3) is 0.200. The third-order valence-electron chi connectivity index (χ3n) is 3.21. The van der Waals surface area contributed by atoms with E-state index >= 15 is 0 Å². The summed E-state index contributed by atoms with van der Waals surface area (Å²) in [7, 11) is 0. The van der Waals surface area contributed by atoms with Gasteiger partial charge in [0, 0.05) is 0 Å². The van der Waals surface area contributed by atoms with Crippen molar-refractivity contribution in [1.82, 2.24) is 16.4 Å². The number of ether oxygens (including phenoxy) is 2. The van der Waals surface area contributed by atoms with Gasteiger partial charge in [-0.1, -0.05) is 18.2 Å². The van der Waals surface area contributed by atoms with Crippen LogP contribution in [0, 0.1) is 5.82 Å². The van der Waals surface area contributed by atoms with Crippen LogP contribution in [-0.2, 0) is 0 Å². The van der Waals surface area contributed by atoms with Crippen molar-refractivity contribution >= 4 is 0 Å². The van der Waals surface area contributed by atoms with Crippen molar-refractivity contribution in [3.63, 3.8) is 0 Å². The second kappa shape index (κ2) is 6.63. The standard InChI is InChI=1S/C15H13F4N3O2/c16-12-7-10(4-5-13(12)24-15(17,18)19)9-2-1-3-11(6-9)23-14-8-20-22-21-14/h1-7,14,20-22H,8H2. The quantitative estimate of drug-likeness (QED) is 0.746. The second-order valence-corrected chi connectivity index (χ2v) is 4.98. The average Bonchev–Trinajstić information content (AvgIpc) is 3.01. The number of benzene rings is 2. The third kappa shape index (κ3) is 4.13. The minimum Gasteiger partial charge on any atom is -0.473 e. The van der Waals surface area contributed by atoms with Gasteiger partial charge in [0.05, 0.1) is 6.54 Å². The third-order valence-corrected chi connectivity index (χ3v) is 3.21. The zero-order valence-corrected chi connectivity index (χ0v) is 12.2. The molecule has 1 aliphatic rings. The summed E-state index contributed by atoms with van der Waals surface area (Å²) in [6.07, 6.45) is -5.22. The molecule has 1 fully saturated rings. The molecule has 2 aromatic rings. The molecule has 1 saturated heterocycles. The first-order valence-electron chi connectivity index (χ1n) is 6.96. The van der Waals surface area contributed by atoms with Crippen LogP contribution in [0.1, 0.15) is 0 Å². The van der Waals surface area contributed by atoms with Crippen molar-refractivity contribution in [1.29, 1.82) is 0 Å². The summed E-state index contributed by atoms with van der Waals surface area (Å²) in [5.41, 5.74) is 9.36. The van der Waals surface area contributed by atoms with E-state index in [-0.39, 0.29) is 6.23 Å². The maximum atomic E-state index is 13.8. The highest BCUT2D eigenvalue weighted by molar-refractivity contribution is 5.66. The summed E-state index contributed by atoms with van der Waals surface area (Å²) in [6.45, 7) is 0.544. The zero-order chi connectivity index (χ0) is 17.2. The van der Waals surface area contributed by atoms with Crippen molar-refractivity contribution in [3.8, 4) is 22.6 Å². The molecule has 0 bridgehead atoms. The first-order chi connectivity index (χ1) is 11.4. The lowest BCUT2D eigenvalue weighted by Crippen LogP contribution is -2.36. The minimum atomic E-state index is -4.94. The van der Waals surface area contributed by atoms with E-state index in [9.17, 15) is 17.6 Å². The van der Waals surface area contributed by atoms with Gasteiger partial charge in [0.15, 0.2) is 17.8 Å². The molecule has 1 heterocycles. The smallest absolute Gasteiger partial charge is 0.473 e. The summed E-state index contributed by atoms with van der Waals surface area (Å²) >= 11 is 0. The van der Waals surface area contributed by atoms with Crippen LogP contribution in [-0.4, -0.2) is 19.1 Å². The van der Waals surface area contributed by atoms with E-state index in [2.05, 4.69) is 21.1 Å². The van der Waals surface area contributed by atoms with E-state index in [1.54, 1.807) is 24.3 Å². The van der Waals surface area contributed by atoms with Gasteiger partial charge in [0.25, 0.3) is 0 Å². The van der Waals surface area contributed by atoms with Gasteiger partial charge < -0.3 is 9.47 Å². The number of alkyl halides is 3. The highest BCUT2D eigenvalue weighted by Gasteiger charge is 2.32. The zero-order valence-electron chi connectivity index (χ0n) is 12.2. The number of hydrogen-bond donors (Lipinski definition) is 3. The first kappa shape index (κ1) is 16.5. The molecule has 24 heavy (non-hydrogen) atoms. The fourth-order valence-electron chi connectivity index (χ4n) is 2.20. The summed E-state index contributed by atoms with van der Waals surface area (Å²) < 4.78 is 59.6. The molecule has 0 aliphatic carbocycles. The molecule has 1 aliphatic heterocycles. The lowest BCUT2D eigenvalue weighted by atomic mass is 10.1. The second-order valence-electron chi connectivity index (χ2n) is 4.98. The van der Waals surface area contributed by atoms with E-state index in [0.717, 1.165) is 12.1 Å². The Kier molecular flexibility index (Phi) is 4.56. The van der Waals surface area contributed by atoms with Crippen LogP contribution in [0.2, 0.25) is 0 Å². The van der Waals surface area contributed by atoms with Crippen LogP contribution in [0.25, 0.3) is 11.1 Å². The lowest BCUT2D eigenvalue weighted by Gasteiger charge is -2.14. The summed E-state index contributed by atoms with van der Waals surface area (Å²) in [6, 6.07) is 10.1. The topological polar surface area (TPSA) is 54.5 Å². The van der Waals surface area contributed by atoms with Crippen molar-refractivity contribution in [2.75, 3.05) is 6.54 Å². The van der Waals surface area contributed by atoms with Gasteiger partial charge in [0.2, 0.25) is 0 Å². The van der Waals surface area contributed by atoms with Crippen LogP contribution < -0.4 is 25.9 Å². The molecule has 1 atom stereocenters. The van der Waals surface area contributed by atoms with E-state index in [1.807, 2.05) is 0 Å². The minimum absolute atomic E-state index is 0.278. The summed E-state index contributed by atoms with van der Waals surface area (Å²) in [5.74, 6) is -1.43. The number of hydrogen-bond acceptors (Lipinski definition) is 5. The Bertz CT molecular complexity index is 718. The summed E-state index contributed by atoms with van der Waals surface area (Å²) in [5, 5.41) is 0. The number of hydrazine groups is 2. The Hall–Kier alpha value is -2.36. The monoisotopic (exact) mass is 343 g/mol. The van der Waals surface area contributed by atoms with Gasteiger partial charge in [-0.15, -0.1) is 13.2 Å². The van der Waals surface area contributed by atoms with E-state index in [1.165, 1.54) is 6.07 Å². The van der Waals surface area contributed by atoms with Gasteiger partial charge >= 0.3 is 6.36 Å². The predicted molar refractivity (Wildman–Crippen MR) is 77.2 cm³/mol. The summed E-state index contributed by atoms with van der Waals surface area (Å²) in [4.78, 5) is 0. The van der Waals surface area contributed by atoms with Crippen LogP contribution in [0.15, 0.2) is 42.5 Å². The van der Waals surface area contributed by atoms with Crippen LogP contribution >= 0.6 is 0 Å². The molecular formula is C15H13F4N3O2. The highest BCUT2D eigenvalue weighted by atomic mass is 19.4. The Balaban J connectivity index is 1.79. The van der Waals surface area contributed by atoms with Crippen LogP contribution in [0.5, 0.6) is 11.5 Å². The fourth-order valence-corrected chi connectivity index (χ4v) is 2.20. The molecule has 0 radical (unpaired) electrons. The van der Waals surface area contributed by atoms with Crippen LogP contribution in [0.3, 0.4) is 0 Å². The Morgan fingerprint density at radius 1 is 1.04 bits per heavy atom. The van der Waals surface area contributed by atoms with Crippen molar-refractivity contribution in [2.45, 2.75) is 12.6 Å². The van der Waals surface area contributed by atoms with E-state index in [0.29, 0.717) is 23.4 Å². The molecule has 0 amide bonds. The van der Waals surface area contributed by atoms with E-state index in [4.69, 9.17) is 4.74 Å². The van der Waals surface area contributed by atoms with Crippen molar-refractivity contribution in [3.05, 3.63) is 48.3 Å². The van der Waals surface area contributed by atoms with Gasteiger partial charge in [-0.2, -0.15) is 5.53 Å². The number of rotatable bonds is 4. The lowest BCUT2D eigenvalue weighted by molar-refractivity contribution is -0.275. The molecule has 2 aromatic carbocycles. The Morgan fingerprint density at radius 3 is 2.50 bits per heavy atom. The van der Waals surface area contributed by atoms with Gasteiger partial charge in [-0.05, 0) is 35.4 Å². The number of nitrogens with one attached hydrogen (secondary N) is 3. The molecule has 0 aromatic heterocycles. The highest BCUT2D eigenvalue weighted by Crippen LogP contribution is 2.31. The van der Waals surface area contributed by atoms with E-state index < -0.39 is 17.9 Å². The molecule has 5 nitrogen and oxygen atoms in total. The molecule has 128 valence electrons. The maximum absolute atomic E-state index is 13.8. The Morgan fingerprint density at radius 2 is 1.83 bits per heavy atom. The molecule has 3 N–H and O–H groups in total. The molecule has 9 heteroatoms. The Labute approximate surface area is 134 Å². The molecule has 0 saturated carbocycles. The largest absolute Gasteiger partial charge is 0.573 e. The van der Waals surface area contributed by atoms with Gasteiger partial charge in [0.1, 0.15) is 5.75 Å². The van der Waals surface area contributed by atoms with Crippen molar-refractivity contribution < 1.29 is 27.0 Å². The maximum Gasteiger partial charge on any atom is 0.573 e. The SMILES string of the molecule is Fc1cc(-c2cccc(OC3CNNN3)c2)ccc1OC(F)(F)F. The molecule has 3 rings (SSSR count). The predicted octanol–water partition coefficient (Wildman–Crippen LogP) is 2.71. The number of halogens is 4. The van der Waals surface area contributed by atoms with Gasteiger partial charge in [-0.3, -0.25) is 0 Å². The molecular weight excluding hydrogens is 330 g/mol. The normalized spacial score (nSPS) is 17.8. The molecule has 1 unspecified atom stereocenters. The van der Waals surface area contributed by atoms with Gasteiger partial charge in [-0.25, -0.2) is 15.2 Å². The van der Waals surface area contributed by atoms with Crippen molar-refractivity contribution in [2.24, 2.45) is 0 Å². The average molecular weight is 343 g/mol. The first-order valence-corrected chi connectivity index (χ1v) is 6.96. The molecule has 0 spiro atoms.